The minimum Gasteiger partial charge on any atom is -0.326 e. The molecule has 0 spiro atoms. The Bertz CT molecular complexity index is 240. The predicted octanol–water partition coefficient (Wildman–Crippen LogP) is 2.33. The van der Waals surface area contributed by atoms with E-state index in [1.54, 1.807) is 0 Å². The molecule has 0 aliphatic heterocycles. The van der Waals surface area contributed by atoms with E-state index in [0.29, 0.717) is 6.54 Å². The highest BCUT2D eigenvalue weighted by Gasteiger charge is 2.06. The zero-order valence-corrected chi connectivity index (χ0v) is 7.31. The van der Waals surface area contributed by atoms with Crippen LogP contribution in [0, 0.1) is 6.92 Å². The first-order valence-corrected chi connectivity index (χ1v) is 3.74. The Balaban J connectivity index is 0.000000310. The highest BCUT2D eigenvalue weighted by atomic mass is 19.4. The van der Waals surface area contributed by atoms with Crippen molar-refractivity contribution in [3.8, 4) is 0 Å². The second kappa shape index (κ2) is 6.54. The van der Waals surface area contributed by atoms with Crippen LogP contribution in [0.4, 0.5) is 12.9 Å². The summed E-state index contributed by atoms with van der Waals surface area (Å²) >= 11 is 0. The molecule has 0 aliphatic rings. The van der Waals surface area contributed by atoms with Gasteiger partial charge in [-0.3, -0.25) is 12.9 Å². The zero-order valence-electron chi connectivity index (χ0n) is 7.31. The summed E-state index contributed by atoms with van der Waals surface area (Å²) in [6.45, 7) is 2.72. The van der Waals surface area contributed by atoms with Crippen LogP contribution in [0.1, 0.15) is 11.1 Å². The van der Waals surface area contributed by atoms with Crippen molar-refractivity contribution in [3.05, 3.63) is 35.4 Å². The molecule has 0 radical (unpaired) electrons. The van der Waals surface area contributed by atoms with Gasteiger partial charge in [0.1, 0.15) is 0 Å². The van der Waals surface area contributed by atoms with Crippen LogP contribution < -0.4 is 5.73 Å². The minimum atomic E-state index is -3.67. The summed E-state index contributed by atoms with van der Waals surface area (Å²) in [6, 6.07) is 8.15. The number of hydrogen-bond donors (Lipinski definition) is 1. The topological polar surface area (TPSA) is 26.0 Å². The van der Waals surface area contributed by atoms with Crippen molar-refractivity contribution in [2.75, 3.05) is 0 Å². The lowest BCUT2D eigenvalue weighted by atomic mass is 10.1. The molecule has 1 rings (SSSR count). The molecule has 0 bridgehead atoms. The Morgan fingerprint density at radius 2 is 1.69 bits per heavy atom. The van der Waals surface area contributed by atoms with Crippen LogP contribution in [-0.2, 0) is 6.54 Å². The Morgan fingerprint density at radius 1 is 1.23 bits per heavy atom. The fourth-order valence-corrected chi connectivity index (χ4v) is 0.839. The van der Waals surface area contributed by atoms with Gasteiger partial charge in [0.15, 0.2) is 0 Å². The van der Waals surface area contributed by atoms with Gasteiger partial charge in [-0.05, 0) is 18.1 Å². The van der Waals surface area contributed by atoms with Crippen LogP contribution in [0.3, 0.4) is 0 Å². The second-order valence-corrected chi connectivity index (χ2v) is 2.38. The Hall–Kier alpha value is -0.965. The van der Waals surface area contributed by atoms with Crippen LogP contribution in [0.15, 0.2) is 24.3 Å². The third-order valence-corrected chi connectivity index (χ3v) is 1.48. The van der Waals surface area contributed by atoms with Crippen molar-refractivity contribution < 1.29 is 12.9 Å². The maximum Gasteiger partial charge on any atom is 0.762 e. The standard InChI is InChI=1S/C8H11N.BF3/c1-7-4-2-3-5-8(7)6-9;2-1(3)4/h2-5H,6,9H2,1H3;. The fraction of sp³-hybridized carbons (Fsp3) is 0.250. The van der Waals surface area contributed by atoms with Gasteiger partial charge in [-0.1, -0.05) is 24.3 Å². The van der Waals surface area contributed by atoms with Gasteiger partial charge in [0.2, 0.25) is 0 Å². The Kier molecular flexibility index (Phi) is 6.05. The van der Waals surface area contributed by atoms with Crippen LogP contribution >= 0.6 is 0 Å². The van der Waals surface area contributed by atoms with E-state index in [0.717, 1.165) is 0 Å². The number of nitrogens with two attached hydrogens (primary N) is 1. The van der Waals surface area contributed by atoms with Gasteiger partial charge in [0.05, 0.1) is 0 Å². The monoisotopic (exact) mass is 189 g/mol. The predicted molar refractivity (Wildman–Crippen MR) is 48.1 cm³/mol. The van der Waals surface area contributed by atoms with Crippen LogP contribution in [0.2, 0.25) is 0 Å². The third kappa shape index (κ3) is 6.22. The lowest BCUT2D eigenvalue weighted by Gasteiger charge is -1.98. The van der Waals surface area contributed by atoms with Gasteiger partial charge in [-0.25, -0.2) is 0 Å². The maximum absolute atomic E-state index is 9.67. The average Bonchev–Trinajstić information content (AvgIpc) is 2.04. The molecule has 1 aromatic rings. The number of benzene rings is 1. The summed E-state index contributed by atoms with van der Waals surface area (Å²) in [6.07, 6.45) is 0. The van der Waals surface area contributed by atoms with Crippen molar-refractivity contribution in [2.45, 2.75) is 13.5 Å². The van der Waals surface area contributed by atoms with Crippen LogP contribution in [0.5, 0.6) is 0 Å². The summed E-state index contributed by atoms with van der Waals surface area (Å²) in [5, 5.41) is 0. The number of hydrogen-bond acceptors (Lipinski definition) is 1. The molecule has 0 saturated carbocycles. The molecule has 0 saturated heterocycles. The van der Waals surface area contributed by atoms with Gasteiger partial charge in [-0.15, -0.1) is 0 Å². The molecule has 5 heteroatoms. The smallest absolute Gasteiger partial charge is 0.326 e. The minimum absolute atomic E-state index is 0.646. The summed E-state index contributed by atoms with van der Waals surface area (Å²) in [5.74, 6) is 0. The normalized spacial score (nSPS) is 8.69. The fourth-order valence-electron chi connectivity index (χ4n) is 0.839. The van der Waals surface area contributed by atoms with Crippen LogP contribution in [-0.4, -0.2) is 7.54 Å². The first-order chi connectivity index (χ1) is 6.07. The summed E-state index contributed by atoms with van der Waals surface area (Å²) in [4.78, 5) is 0. The Morgan fingerprint density at radius 3 is 2.00 bits per heavy atom. The van der Waals surface area contributed by atoms with Gasteiger partial charge in [0.25, 0.3) is 0 Å². The summed E-state index contributed by atoms with van der Waals surface area (Å²) < 4.78 is 29.0. The molecule has 2 N–H and O–H groups in total. The molecule has 0 atom stereocenters. The molecule has 0 unspecified atom stereocenters. The van der Waals surface area contributed by atoms with Crippen molar-refractivity contribution in [3.63, 3.8) is 0 Å². The van der Waals surface area contributed by atoms with E-state index in [1.165, 1.54) is 11.1 Å². The molecule has 72 valence electrons. The quantitative estimate of drug-likeness (QED) is 0.674. The van der Waals surface area contributed by atoms with Gasteiger partial charge < -0.3 is 5.73 Å². The highest BCUT2D eigenvalue weighted by molar-refractivity contribution is 6.33. The molecule has 0 fully saturated rings. The van der Waals surface area contributed by atoms with Crippen molar-refractivity contribution >= 4 is 7.54 Å². The number of halogens is 3. The first kappa shape index (κ1) is 12.0. The van der Waals surface area contributed by atoms with E-state index < -0.39 is 7.54 Å². The molecule has 1 nitrogen and oxygen atoms in total. The maximum atomic E-state index is 9.67. The first-order valence-electron chi connectivity index (χ1n) is 3.74. The van der Waals surface area contributed by atoms with Crippen molar-refractivity contribution in [1.29, 1.82) is 0 Å². The van der Waals surface area contributed by atoms with Crippen LogP contribution in [0.25, 0.3) is 0 Å². The molecular formula is C8H11BF3N. The van der Waals surface area contributed by atoms with Gasteiger partial charge in [0, 0.05) is 6.54 Å². The van der Waals surface area contributed by atoms with E-state index in [1.807, 2.05) is 12.1 Å². The summed E-state index contributed by atoms with van der Waals surface area (Å²) in [7, 11) is -3.67. The third-order valence-electron chi connectivity index (χ3n) is 1.48. The second-order valence-electron chi connectivity index (χ2n) is 2.38. The molecule has 0 amide bonds. The molecule has 0 aromatic heterocycles. The van der Waals surface area contributed by atoms with Gasteiger partial charge >= 0.3 is 7.54 Å². The Labute approximate surface area is 76.0 Å². The number of aryl methyl sites for hydroxylation is 1. The van der Waals surface area contributed by atoms with E-state index in [9.17, 15) is 12.9 Å². The molecule has 13 heavy (non-hydrogen) atoms. The number of rotatable bonds is 1. The van der Waals surface area contributed by atoms with E-state index >= 15 is 0 Å². The van der Waals surface area contributed by atoms with E-state index in [4.69, 9.17) is 5.73 Å². The van der Waals surface area contributed by atoms with Gasteiger partial charge in [-0.2, -0.15) is 0 Å². The molecule has 1 aromatic carbocycles. The zero-order chi connectivity index (χ0) is 10.3. The molecular weight excluding hydrogens is 178 g/mol. The largest absolute Gasteiger partial charge is 0.762 e. The summed E-state index contributed by atoms with van der Waals surface area (Å²) in [5.41, 5.74) is 7.96. The lowest BCUT2D eigenvalue weighted by Crippen LogP contribution is -1.97. The van der Waals surface area contributed by atoms with E-state index in [2.05, 4.69) is 19.1 Å². The molecule has 0 aliphatic carbocycles. The SMILES string of the molecule is Cc1ccccc1CN.FB(F)F. The van der Waals surface area contributed by atoms with E-state index in [-0.39, 0.29) is 0 Å². The lowest BCUT2D eigenvalue weighted by molar-refractivity contribution is 0.535. The molecule has 0 heterocycles. The highest BCUT2D eigenvalue weighted by Crippen LogP contribution is 2.04. The van der Waals surface area contributed by atoms with Crippen molar-refractivity contribution in [2.24, 2.45) is 5.73 Å². The van der Waals surface area contributed by atoms with Crippen molar-refractivity contribution in [1.82, 2.24) is 0 Å². The average molecular weight is 189 g/mol.